The first-order valence-electron chi connectivity index (χ1n) is 7.97. The van der Waals surface area contributed by atoms with E-state index in [1.807, 2.05) is 7.05 Å². The number of hydrogen-bond acceptors (Lipinski definition) is 5. The maximum absolute atomic E-state index is 12.7. The predicted octanol–water partition coefficient (Wildman–Crippen LogP) is -0.544. The number of nitrogens with zero attached hydrogens (tertiary/aromatic N) is 4. The van der Waals surface area contributed by atoms with E-state index in [2.05, 4.69) is 10.3 Å². The number of amides is 1. The molecule has 8 nitrogen and oxygen atoms in total. The molecule has 3 heterocycles. The highest BCUT2D eigenvalue weighted by molar-refractivity contribution is 5.94. The Labute approximate surface area is 138 Å². The third-order valence-electron chi connectivity index (χ3n) is 4.64. The van der Waals surface area contributed by atoms with Crippen molar-refractivity contribution in [2.45, 2.75) is 18.9 Å². The fourth-order valence-corrected chi connectivity index (χ4v) is 3.13. The Hall–Kier alpha value is -2.48. The summed E-state index contributed by atoms with van der Waals surface area (Å²) in [5.74, 6) is -0.176. The van der Waals surface area contributed by atoms with Crippen LogP contribution in [0.3, 0.4) is 0 Å². The molecule has 8 heteroatoms. The van der Waals surface area contributed by atoms with Crippen LogP contribution >= 0.6 is 0 Å². The van der Waals surface area contributed by atoms with E-state index in [4.69, 9.17) is 0 Å². The van der Waals surface area contributed by atoms with Crippen LogP contribution < -0.4 is 16.6 Å². The number of pyridine rings is 1. The maximum atomic E-state index is 12.7. The summed E-state index contributed by atoms with van der Waals surface area (Å²) in [6.45, 7) is 1.32. The zero-order valence-corrected chi connectivity index (χ0v) is 14.1. The van der Waals surface area contributed by atoms with Crippen LogP contribution in [0.15, 0.2) is 21.7 Å². The Bertz CT molecular complexity index is 914. The normalized spacial score (nSPS) is 18.1. The number of aromatic nitrogens is 3. The Morgan fingerprint density at radius 3 is 2.71 bits per heavy atom. The molecule has 1 saturated heterocycles. The van der Waals surface area contributed by atoms with E-state index in [0.717, 1.165) is 17.4 Å². The minimum Gasteiger partial charge on any atom is -0.336 e. The van der Waals surface area contributed by atoms with Crippen LogP contribution in [0.2, 0.25) is 0 Å². The Morgan fingerprint density at radius 2 is 2.00 bits per heavy atom. The molecule has 1 aliphatic heterocycles. The smallest absolute Gasteiger partial charge is 0.332 e. The summed E-state index contributed by atoms with van der Waals surface area (Å²) >= 11 is 0. The number of fused-ring (bicyclic) bond motifs is 1. The van der Waals surface area contributed by atoms with Crippen LogP contribution in [-0.2, 0) is 14.1 Å². The summed E-state index contributed by atoms with van der Waals surface area (Å²) in [6.07, 6.45) is 1.97. The number of piperidine rings is 1. The SMILES string of the molecule is CNC1CCCN(C(=O)c2ccc3c(=O)n(C)c(=O)n(C)c3n2)C1. The molecular formula is C16H21N5O3. The van der Waals surface area contributed by atoms with Gasteiger partial charge in [0, 0.05) is 33.2 Å². The van der Waals surface area contributed by atoms with E-state index >= 15 is 0 Å². The summed E-state index contributed by atoms with van der Waals surface area (Å²) in [4.78, 5) is 43.0. The van der Waals surface area contributed by atoms with Crippen molar-refractivity contribution in [2.75, 3.05) is 20.1 Å². The van der Waals surface area contributed by atoms with Crippen LogP contribution in [0.25, 0.3) is 11.0 Å². The van der Waals surface area contributed by atoms with Crippen molar-refractivity contribution in [1.82, 2.24) is 24.3 Å². The van der Waals surface area contributed by atoms with Crippen molar-refractivity contribution in [3.63, 3.8) is 0 Å². The highest BCUT2D eigenvalue weighted by atomic mass is 16.2. The summed E-state index contributed by atoms with van der Waals surface area (Å²) in [6, 6.07) is 3.40. The van der Waals surface area contributed by atoms with E-state index in [0.29, 0.717) is 18.5 Å². The number of likely N-dealkylation sites (N-methyl/N-ethyl adjacent to an activating group) is 1. The second kappa shape index (κ2) is 6.20. The Kier molecular flexibility index (Phi) is 4.23. The zero-order valence-electron chi connectivity index (χ0n) is 14.1. The van der Waals surface area contributed by atoms with Crippen LogP contribution in [-0.4, -0.2) is 51.1 Å². The molecule has 1 atom stereocenters. The predicted molar refractivity (Wildman–Crippen MR) is 90.2 cm³/mol. The van der Waals surface area contributed by atoms with Crippen molar-refractivity contribution in [3.05, 3.63) is 38.7 Å². The molecule has 1 unspecified atom stereocenters. The lowest BCUT2D eigenvalue weighted by molar-refractivity contribution is 0.0692. The standard InChI is InChI=1S/C16H21N5O3/c1-17-10-5-4-8-21(9-10)15(23)12-7-6-11-13(18-12)19(2)16(24)20(3)14(11)22/h6-7,10,17H,4-5,8-9H2,1-3H3. The van der Waals surface area contributed by atoms with Crippen molar-refractivity contribution in [2.24, 2.45) is 14.1 Å². The van der Waals surface area contributed by atoms with Gasteiger partial charge in [0.15, 0.2) is 0 Å². The molecule has 0 bridgehead atoms. The molecule has 3 rings (SSSR count). The number of carbonyl (C=O) groups excluding carboxylic acids is 1. The lowest BCUT2D eigenvalue weighted by Crippen LogP contribution is -2.47. The third-order valence-corrected chi connectivity index (χ3v) is 4.64. The molecule has 1 N–H and O–H groups in total. The average Bonchev–Trinajstić information content (AvgIpc) is 2.63. The molecule has 1 fully saturated rings. The minimum atomic E-state index is -0.460. The molecule has 128 valence electrons. The molecular weight excluding hydrogens is 310 g/mol. The average molecular weight is 331 g/mol. The Balaban J connectivity index is 2.03. The molecule has 2 aromatic rings. The third kappa shape index (κ3) is 2.62. The van der Waals surface area contributed by atoms with E-state index in [-0.39, 0.29) is 23.3 Å². The van der Waals surface area contributed by atoms with Gasteiger partial charge in [0.1, 0.15) is 11.3 Å². The van der Waals surface area contributed by atoms with E-state index in [1.54, 1.807) is 24.1 Å². The summed E-state index contributed by atoms with van der Waals surface area (Å²) in [5.41, 5.74) is -0.385. The van der Waals surface area contributed by atoms with E-state index in [9.17, 15) is 14.4 Å². The number of aryl methyl sites for hydroxylation is 1. The summed E-state index contributed by atoms with van der Waals surface area (Å²) in [5, 5.41) is 3.52. The minimum absolute atomic E-state index is 0.176. The van der Waals surface area contributed by atoms with Gasteiger partial charge in [0.05, 0.1) is 5.39 Å². The number of hydrogen-bond donors (Lipinski definition) is 1. The molecule has 0 radical (unpaired) electrons. The summed E-state index contributed by atoms with van der Waals surface area (Å²) < 4.78 is 2.33. The number of carbonyl (C=O) groups is 1. The van der Waals surface area contributed by atoms with E-state index in [1.165, 1.54) is 11.6 Å². The molecule has 0 spiro atoms. The zero-order chi connectivity index (χ0) is 17.4. The second-order valence-electron chi connectivity index (χ2n) is 6.15. The highest BCUT2D eigenvalue weighted by Crippen LogP contribution is 2.14. The Morgan fingerprint density at radius 1 is 1.25 bits per heavy atom. The molecule has 0 aliphatic carbocycles. The molecule has 24 heavy (non-hydrogen) atoms. The fraction of sp³-hybridized carbons (Fsp3) is 0.500. The number of nitrogens with one attached hydrogen (secondary N) is 1. The van der Waals surface area contributed by atoms with Crippen LogP contribution in [0.5, 0.6) is 0 Å². The molecule has 0 aromatic carbocycles. The second-order valence-corrected chi connectivity index (χ2v) is 6.15. The van der Waals surface area contributed by atoms with Gasteiger partial charge in [-0.2, -0.15) is 0 Å². The van der Waals surface area contributed by atoms with Gasteiger partial charge in [-0.05, 0) is 32.0 Å². The maximum Gasteiger partial charge on any atom is 0.332 e. The van der Waals surface area contributed by atoms with Crippen LogP contribution in [0, 0.1) is 0 Å². The molecule has 2 aromatic heterocycles. The van der Waals surface area contributed by atoms with Crippen LogP contribution in [0.1, 0.15) is 23.3 Å². The first-order chi connectivity index (χ1) is 11.4. The lowest BCUT2D eigenvalue weighted by atomic mass is 10.1. The van der Waals surface area contributed by atoms with Crippen molar-refractivity contribution < 1.29 is 4.79 Å². The monoisotopic (exact) mass is 331 g/mol. The first kappa shape index (κ1) is 16.4. The van der Waals surface area contributed by atoms with Crippen molar-refractivity contribution in [1.29, 1.82) is 0 Å². The van der Waals surface area contributed by atoms with Gasteiger partial charge in [0.2, 0.25) is 0 Å². The van der Waals surface area contributed by atoms with Crippen molar-refractivity contribution in [3.8, 4) is 0 Å². The van der Waals surface area contributed by atoms with Gasteiger partial charge in [-0.3, -0.25) is 18.7 Å². The number of likely N-dealkylation sites (tertiary alicyclic amines) is 1. The topological polar surface area (TPSA) is 89.2 Å². The van der Waals surface area contributed by atoms with E-state index < -0.39 is 11.2 Å². The molecule has 0 saturated carbocycles. The largest absolute Gasteiger partial charge is 0.336 e. The molecule has 1 amide bonds. The summed E-state index contributed by atoms with van der Waals surface area (Å²) in [7, 11) is 4.86. The fourth-order valence-electron chi connectivity index (χ4n) is 3.13. The van der Waals surface area contributed by atoms with Gasteiger partial charge < -0.3 is 10.2 Å². The van der Waals surface area contributed by atoms with Gasteiger partial charge in [-0.1, -0.05) is 0 Å². The quantitative estimate of drug-likeness (QED) is 0.798. The van der Waals surface area contributed by atoms with Gasteiger partial charge in [0.25, 0.3) is 11.5 Å². The van der Waals surface area contributed by atoms with Crippen molar-refractivity contribution >= 4 is 16.9 Å². The lowest BCUT2D eigenvalue weighted by Gasteiger charge is -2.32. The highest BCUT2D eigenvalue weighted by Gasteiger charge is 2.25. The van der Waals surface area contributed by atoms with Gasteiger partial charge in [-0.15, -0.1) is 0 Å². The molecule has 1 aliphatic rings. The number of rotatable bonds is 2. The first-order valence-corrected chi connectivity index (χ1v) is 7.97. The van der Waals surface area contributed by atoms with Gasteiger partial charge in [-0.25, -0.2) is 9.78 Å². The van der Waals surface area contributed by atoms with Gasteiger partial charge >= 0.3 is 5.69 Å². The van der Waals surface area contributed by atoms with Crippen LogP contribution in [0.4, 0.5) is 0 Å².